The van der Waals surface area contributed by atoms with Gasteiger partial charge in [-0.1, -0.05) is 6.42 Å². The van der Waals surface area contributed by atoms with E-state index in [4.69, 9.17) is 0 Å². The molecule has 2 heterocycles. The van der Waals surface area contributed by atoms with Gasteiger partial charge in [0.2, 0.25) is 0 Å². The first-order valence-corrected chi connectivity index (χ1v) is 7.71. The van der Waals surface area contributed by atoms with Crippen LogP contribution >= 0.6 is 0 Å². The first kappa shape index (κ1) is 15.3. The Morgan fingerprint density at radius 1 is 1.10 bits per heavy atom. The van der Waals surface area contributed by atoms with Crippen molar-refractivity contribution in [1.82, 2.24) is 14.8 Å². The maximum atomic E-state index is 9.44. The third-order valence-electron chi connectivity index (χ3n) is 4.12. The summed E-state index contributed by atoms with van der Waals surface area (Å²) in [5.41, 5.74) is 1.83. The summed E-state index contributed by atoms with van der Waals surface area (Å²) in [6, 6.07) is 3.69. The monoisotopic (exact) mass is 277 g/mol. The van der Waals surface area contributed by atoms with Crippen LogP contribution in [-0.4, -0.2) is 59.7 Å². The van der Waals surface area contributed by atoms with Gasteiger partial charge in [-0.15, -0.1) is 0 Å². The molecule has 1 fully saturated rings. The van der Waals surface area contributed by atoms with Gasteiger partial charge in [0.05, 0.1) is 5.69 Å². The van der Waals surface area contributed by atoms with Crippen molar-refractivity contribution in [2.24, 2.45) is 0 Å². The number of unbranched alkanes of at least 4 members (excludes halogenated alkanes) is 2. The molecule has 0 unspecified atom stereocenters. The van der Waals surface area contributed by atoms with Crippen LogP contribution in [0.25, 0.3) is 0 Å². The molecule has 1 aliphatic heterocycles. The van der Waals surface area contributed by atoms with Crippen LogP contribution in [0.1, 0.15) is 30.7 Å². The predicted molar refractivity (Wildman–Crippen MR) is 82.1 cm³/mol. The van der Waals surface area contributed by atoms with Crippen molar-refractivity contribution in [2.75, 3.05) is 39.8 Å². The van der Waals surface area contributed by atoms with Gasteiger partial charge in [-0.25, -0.2) is 0 Å². The number of pyridine rings is 1. The SMILES string of the molecule is Cc1nc(CCCCCN2CCN(C)CC2)ccc1O. The Hall–Kier alpha value is -1.13. The van der Waals surface area contributed by atoms with Gasteiger partial charge in [0, 0.05) is 31.9 Å². The molecule has 1 aliphatic rings. The third-order valence-corrected chi connectivity index (χ3v) is 4.12. The number of hydrogen-bond acceptors (Lipinski definition) is 4. The number of piperazine rings is 1. The fourth-order valence-electron chi connectivity index (χ4n) is 2.63. The zero-order valence-electron chi connectivity index (χ0n) is 12.8. The molecule has 1 N–H and O–H groups in total. The minimum absolute atomic E-state index is 0.295. The average molecular weight is 277 g/mol. The van der Waals surface area contributed by atoms with Gasteiger partial charge in [0.25, 0.3) is 0 Å². The van der Waals surface area contributed by atoms with Crippen LogP contribution in [0.15, 0.2) is 12.1 Å². The van der Waals surface area contributed by atoms with E-state index in [0.717, 1.165) is 17.8 Å². The summed E-state index contributed by atoms with van der Waals surface area (Å²) in [5, 5.41) is 9.44. The normalized spacial score (nSPS) is 17.5. The number of aromatic hydroxyl groups is 1. The number of hydrogen-bond donors (Lipinski definition) is 1. The van der Waals surface area contributed by atoms with Crippen LogP contribution in [0.4, 0.5) is 0 Å². The van der Waals surface area contributed by atoms with E-state index in [-0.39, 0.29) is 0 Å². The quantitative estimate of drug-likeness (QED) is 0.808. The molecule has 0 atom stereocenters. The van der Waals surface area contributed by atoms with Gasteiger partial charge in [-0.05, 0) is 51.9 Å². The molecular formula is C16H27N3O. The summed E-state index contributed by atoms with van der Waals surface area (Å²) in [4.78, 5) is 9.37. The van der Waals surface area contributed by atoms with E-state index in [9.17, 15) is 5.11 Å². The molecule has 112 valence electrons. The van der Waals surface area contributed by atoms with E-state index < -0.39 is 0 Å². The van der Waals surface area contributed by atoms with Crippen molar-refractivity contribution in [1.29, 1.82) is 0 Å². The topological polar surface area (TPSA) is 39.6 Å². The summed E-state index contributed by atoms with van der Waals surface area (Å²) < 4.78 is 0. The molecule has 0 amide bonds. The summed E-state index contributed by atoms with van der Waals surface area (Å²) >= 11 is 0. The summed E-state index contributed by atoms with van der Waals surface area (Å²) in [6.45, 7) is 7.93. The molecule has 20 heavy (non-hydrogen) atoms. The molecule has 0 aliphatic carbocycles. The Labute approximate surface area is 122 Å². The highest BCUT2D eigenvalue weighted by molar-refractivity contribution is 5.26. The molecular weight excluding hydrogens is 250 g/mol. The van der Waals surface area contributed by atoms with Gasteiger partial charge >= 0.3 is 0 Å². The van der Waals surface area contributed by atoms with Crippen molar-refractivity contribution in [3.63, 3.8) is 0 Å². The van der Waals surface area contributed by atoms with Crippen LogP contribution in [0.5, 0.6) is 5.75 Å². The Bertz CT molecular complexity index is 414. The fraction of sp³-hybridized carbons (Fsp3) is 0.688. The zero-order valence-corrected chi connectivity index (χ0v) is 12.8. The molecule has 4 heteroatoms. The Balaban J connectivity index is 1.58. The van der Waals surface area contributed by atoms with Crippen LogP contribution in [0.2, 0.25) is 0 Å². The second kappa shape index (κ2) is 7.60. The van der Waals surface area contributed by atoms with Gasteiger partial charge < -0.3 is 14.9 Å². The fourth-order valence-corrected chi connectivity index (χ4v) is 2.63. The number of nitrogens with zero attached hydrogens (tertiary/aromatic N) is 3. The van der Waals surface area contributed by atoms with E-state index in [0.29, 0.717) is 5.75 Å². The van der Waals surface area contributed by atoms with E-state index in [1.165, 1.54) is 52.0 Å². The van der Waals surface area contributed by atoms with Gasteiger partial charge in [0.15, 0.2) is 0 Å². The number of aryl methyl sites for hydroxylation is 2. The van der Waals surface area contributed by atoms with E-state index in [1.54, 1.807) is 6.07 Å². The number of likely N-dealkylation sites (N-methyl/N-ethyl adjacent to an activating group) is 1. The van der Waals surface area contributed by atoms with Crippen LogP contribution < -0.4 is 0 Å². The van der Waals surface area contributed by atoms with Crippen molar-refractivity contribution in [3.05, 3.63) is 23.5 Å². The smallest absolute Gasteiger partial charge is 0.136 e. The third kappa shape index (κ3) is 4.76. The predicted octanol–water partition coefficient (Wildman–Crippen LogP) is 2.06. The first-order valence-electron chi connectivity index (χ1n) is 7.71. The number of aromatic nitrogens is 1. The van der Waals surface area contributed by atoms with Crippen molar-refractivity contribution in [2.45, 2.75) is 32.6 Å². The average Bonchev–Trinajstić information content (AvgIpc) is 2.44. The molecule has 4 nitrogen and oxygen atoms in total. The van der Waals surface area contributed by atoms with Gasteiger partial charge in [-0.2, -0.15) is 0 Å². The van der Waals surface area contributed by atoms with E-state index in [2.05, 4.69) is 21.8 Å². The second-order valence-corrected chi connectivity index (χ2v) is 5.86. The minimum Gasteiger partial charge on any atom is -0.506 e. The summed E-state index contributed by atoms with van der Waals surface area (Å²) in [7, 11) is 2.20. The van der Waals surface area contributed by atoms with Crippen LogP contribution in [0, 0.1) is 6.92 Å². The number of rotatable bonds is 6. The lowest BCUT2D eigenvalue weighted by molar-refractivity contribution is 0.152. The minimum atomic E-state index is 0.295. The summed E-state index contributed by atoms with van der Waals surface area (Å²) in [5.74, 6) is 0.295. The van der Waals surface area contributed by atoms with Crippen molar-refractivity contribution < 1.29 is 5.11 Å². The van der Waals surface area contributed by atoms with Gasteiger partial charge in [0.1, 0.15) is 5.75 Å². The molecule has 2 rings (SSSR count). The molecule has 1 saturated heterocycles. The highest BCUT2D eigenvalue weighted by Crippen LogP contribution is 2.14. The Morgan fingerprint density at radius 2 is 1.85 bits per heavy atom. The summed E-state index contributed by atoms with van der Waals surface area (Å²) in [6.07, 6.45) is 4.74. The van der Waals surface area contributed by atoms with E-state index >= 15 is 0 Å². The maximum Gasteiger partial charge on any atom is 0.136 e. The highest BCUT2D eigenvalue weighted by atomic mass is 16.3. The standard InChI is InChI=1S/C16H27N3O/c1-14-16(20)8-7-15(17-14)6-4-3-5-9-19-12-10-18(2)11-13-19/h7-8,20H,3-6,9-13H2,1-2H3. The van der Waals surface area contributed by atoms with Crippen molar-refractivity contribution >= 4 is 0 Å². The largest absolute Gasteiger partial charge is 0.506 e. The van der Waals surface area contributed by atoms with Crippen molar-refractivity contribution in [3.8, 4) is 5.75 Å². The molecule has 1 aromatic rings. The Morgan fingerprint density at radius 3 is 2.55 bits per heavy atom. The molecule has 0 radical (unpaired) electrons. The molecule has 0 saturated carbocycles. The first-order chi connectivity index (χ1) is 9.65. The molecule has 0 aromatic carbocycles. The lowest BCUT2D eigenvalue weighted by Gasteiger charge is -2.32. The molecule has 0 bridgehead atoms. The molecule has 1 aromatic heterocycles. The lowest BCUT2D eigenvalue weighted by atomic mass is 10.1. The zero-order chi connectivity index (χ0) is 14.4. The second-order valence-electron chi connectivity index (χ2n) is 5.86. The molecule has 0 spiro atoms. The maximum absolute atomic E-state index is 9.44. The lowest BCUT2D eigenvalue weighted by Crippen LogP contribution is -2.44. The highest BCUT2D eigenvalue weighted by Gasteiger charge is 2.12. The van der Waals surface area contributed by atoms with Crippen LogP contribution in [0.3, 0.4) is 0 Å². The van der Waals surface area contributed by atoms with Crippen LogP contribution in [-0.2, 0) is 6.42 Å². The van der Waals surface area contributed by atoms with E-state index in [1.807, 2.05) is 13.0 Å². The Kier molecular flexibility index (Phi) is 5.80. The van der Waals surface area contributed by atoms with Gasteiger partial charge in [-0.3, -0.25) is 4.98 Å².